The Balaban J connectivity index is 2.10. The van der Waals surface area contributed by atoms with E-state index in [-0.39, 0.29) is 23.9 Å². The fraction of sp³-hybridized carbons (Fsp3) is 0.667. The van der Waals surface area contributed by atoms with E-state index in [1.54, 1.807) is 10.9 Å². The molecule has 8 heteroatoms. The van der Waals surface area contributed by atoms with Crippen LogP contribution in [0.5, 0.6) is 0 Å². The van der Waals surface area contributed by atoms with E-state index in [1.165, 1.54) is 13.2 Å². The number of carbonyl (C=O) groups is 1. The zero-order chi connectivity index (χ0) is 14.8. The molecule has 0 unspecified atom stereocenters. The first-order valence-corrected chi connectivity index (χ1v) is 8.07. The van der Waals surface area contributed by atoms with Crippen LogP contribution in [0.4, 0.5) is 0 Å². The molecular formula is C12H19N3O4S. The van der Waals surface area contributed by atoms with E-state index in [0.717, 1.165) is 30.0 Å². The third kappa shape index (κ3) is 3.18. The van der Waals surface area contributed by atoms with Crippen molar-refractivity contribution in [3.05, 3.63) is 12.4 Å². The first kappa shape index (κ1) is 15.0. The third-order valence-corrected chi connectivity index (χ3v) is 5.44. The fourth-order valence-electron chi connectivity index (χ4n) is 2.38. The summed E-state index contributed by atoms with van der Waals surface area (Å²) in [5, 5.41) is 12.7. The molecule has 0 spiro atoms. The van der Waals surface area contributed by atoms with E-state index in [4.69, 9.17) is 5.11 Å². The highest BCUT2D eigenvalue weighted by atomic mass is 32.2. The molecule has 1 fully saturated rings. The van der Waals surface area contributed by atoms with Gasteiger partial charge in [-0.05, 0) is 12.8 Å². The highest BCUT2D eigenvalue weighted by Gasteiger charge is 2.25. The molecule has 0 atom stereocenters. The zero-order valence-corrected chi connectivity index (χ0v) is 12.2. The number of hydrogen-bond donors (Lipinski definition) is 1. The Bertz CT molecular complexity index is 575. The van der Waals surface area contributed by atoms with E-state index in [9.17, 15) is 13.2 Å². The predicted octanol–water partition coefficient (Wildman–Crippen LogP) is 1.09. The Hall–Kier alpha value is -1.41. The van der Waals surface area contributed by atoms with E-state index in [0.29, 0.717) is 0 Å². The minimum atomic E-state index is -3.66. The second kappa shape index (κ2) is 5.92. The molecule has 1 aromatic heterocycles. The van der Waals surface area contributed by atoms with Crippen LogP contribution in [0, 0.1) is 0 Å². The lowest BCUT2D eigenvalue weighted by Crippen LogP contribution is -2.29. The van der Waals surface area contributed by atoms with Crippen LogP contribution in [0.1, 0.15) is 38.1 Å². The van der Waals surface area contributed by atoms with Gasteiger partial charge in [-0.15, -0.1) is 0 Å². The number of aromatic nitrogens is 2. The van der Waals surface area contributed by atoms with Gasteiger partial charge in [0.25, 0.3) is 0 Å². The van der Waals surface area contributed by atoms with Gasteiger partial charge in [0.15, 0.2) is 0 Å². The molecule has 2 rings (SSSR count). The van der Waals surface area contributed by atoms with Gasteiger partial charge >= 0.3 is 5.97 Å². The van der Waals surface area contributed by atoms with Gasteiger partial charge in [0.2, 0.25) is 10.0 Å². The molecular weight excluding hydrogens is 282 g/mol. The van der Waals surface area contributed by atoms with Crippen molar-refractivity contribution in [2.45, 2.75) is 43.0 Å². The van der Waals surface area contributed by atoms with Crippen molar-refractivity contribution in [2.24, 2.45) is 0 Å². The first-order chi connectivity index (χ1) is 9.41. The number of aliphatic carboxylic acids is 1. The number of carboxylic acid groups (broad SMARTS) is 1. The predicted molar refractivity (Wildman–Crippen MR) is 71.8 cm³/mol. The van der Waals surface area contributed by atoms with E-state index < -0.39 is 16.0 Å². The van der Waals surface area contributed by atoms with Gasteiger partial charge in [0, 0.05) is 19.8 Å². The first-order valence-electron chi connectivity index (χ1n) is 6.63. The van der Waals surface area contributed by atoms with Crippen LogP contribution < -0.4 is 0 Å². The normalized spacial score (nSPS) is 16.9. The lowest BCUT2D eigenvalue weighted by atomic mass is 10.3. The van der Waals surface area contributed by atoms with Gasteiger partial charge in [-0.2, -0.15) is 5.10 Å². The quantitative estimate of drug-likeness (QED) is 0.849. The summed E-state index contributed by atoms with van der Waals surface area (Å²) in [6.45, 7) is -0.0493. The maximum absolute atomic E-state index is 12.3. The SMILES string of the molecule is CN(CCC(=O)O)S(=O)(=O)c1cnn(C2CCCC2)c1. The molecule has 1 aliphatic rings. The van der Waals surface area contributed by atoms with E-state index in [1.807, 2.05) is 0 Å². The third-order valence-electron chi connectivity index (χ3n) is 3.63. The molecule has 1 aliphatic carbocycles. The van der Waals surface area contributed by atoms with Crippen LogP contribution in [-0.2, 0) is 14.8 Å². The smallest absolute Gasteiger partial charge is 0.304 e. The monoisotopic (exact) mass is 301 g/mol. The maximum atomic E-state index is 12.3. The van der Waals surface area contributed by atoms with Crippen LogP contribution in [0.15, 0.2) is 17.3 Å². The van der Waals surface area contributed by atoms with Crippen LogP contribution in [-0.4, -0.2) is 47.2 Å². The van der Waals surface area contributed by atoms with Crippen molar-refractivity contribution in [1.29, 1.82) is 0 Å². The maximum Gasteiger partial charge on any atom is 0.304 e. The largest absolute Gasteiger partial charge is 0.481 e. The molecule has 1 N–H and O–H groups in total. The number of hydrogen-bond acceptors (Lipinski definition) is 4. The van der Waals surface area contributed by atoms with Crippen molar-refractivity contribution in [1.82, 2.24) is 14.1 Å². The molecule has 0 saturated heterocycles. The molecule has 0 radical (unpaired) electrons. The van der Waals surface area contributed by atoms with Gasteiger partial charge in [-0.1, -0.05) is 12.8 Å². The van der Waals surface area contributed by atoms with Gasteiger partial charge in [0.1, 0.15) is 4.90 Å². The molecule has 0 amide bonds. The summed E-state index contributed by atoms with van der Waals surface area (Å²) in [5.41, 5.74) is 0. The average molecular weight is 301 g/mol. The lowest BCUT2D eigenvalue weighted by Gasteiger charge is -2.14. The Morgan fingerprint density at radius 1 is 1.50 bits per heavy atom. The van der Waals surface area contributed by atoms with Crippen molar-refractivity contribution in [3.8, 4) is 0 Å². The van der Waals surface area contributed by atoms with Gasteiger partial charge in [-0.3, -0.25) is 9.48 Å². The summed E-state index contributed by atoms with van der Waals surface area (Å²) < 4.78 is 27.3. The van der Waals surface area contributed by atoms with E-state index >= 15 is 0 Å². The Morgan fingerprint density at radius 2 is 2.15 bits per heavy atom. The van der Waals surface area contributed by atoms with Crippen LogP contribution in [0.25, 0.3) is 0 Å². The van der Waals surface area contributed by atoms with Crippen molar-refractivity contribution >= 4 is 16.0 Å². The zero-order valence-electron chi connectivity index (χ0n) is 11.4. The summed E-state index contributed by atoms with van der Waals surface area (Å²) in [7, 11) is -2.28. The molecule has 1 saturated carbocycles. The van der Waals surface area contributed by atoms with Crippen LogP contribution in [0.2, 0.25) is 0 Å². The summed E-state index contributed by atoms with van der Waals surface area (Å²) in [6.07, 6.45) is 7.00. The molecule has 0 aromatic carbocycles. The van der Waals surface area contributed by atoms with Gasteiger partial charge in [-0.25, -0.2) is 12.7 Å². The highest BCUT2D eigenvalue weighted by molar-refractivity contribution is 7.89. The molecule has 7 nitrogen and oxygen atoms in total. The van der Waals surface area contributed by atoms with Crippen molar-refractivity contribution in [3.63, 3.8) is 0 Å². The van der Waals surface area contributed by atoms with Crippen LogP contribution >= 0.6 is 0 Å². The number of rotatable bonds is 6. The van der Waals surface area contributed by atoms with E-state index in [2.05, 4.69) is 5.10 Å². The van der Waals surface area contributed by atoms with Crippen LogP contribution in [0.3, 0.4) is 0 Å². The number of carboxylic acids is 1. The summed E-state index contributed by atoms with van der Waals surface area (Å²) in [4.78, 5) is 10.6. The lowest BCUT2D eigenvalue weighted by molar-refractivity contribution is -0.137. The minimum absolute atomic E-state index is 0.0493. The van der Waals surface area contributed by atoms with Crippen molar-refractivity contribution < 1.29 is 18.3 Å². The molecule has 0 bridgehead atoms. The fourth-order valence-corrected chi connectivity index (χ4v) is 3.49. The highest BCUT2D eigenvalue weighted by Crippen LogP contribution is 2.29. The summed E-state index contributed by atoms with van der Waals surface area (Å²) >= 11 is 0. The number of nitrogens with zero attached hydrogens (tertiary/aromatic N) is 3. The molecule has 0 aliphatic heterocycles. The standard InChI is InChI=1S/C12H19N3O4S/c1-14(7-6-12(16)17)20(18,19)11-8-13-15(9-11)10-4-2-3-5-10/h8-10H,2-7H2,1H3,(H,16,17). The second-order valence-corrected chi connectivity index (χ2v) is 7.11. The molecule has 1 heterocycles. The summed E-state index contributed by atoms with van der Waals surface area (Å²) in [6, 6.07) is 0.281. The number of sulfonamides is 1. The molecule has 20 heavy (non-hydrogen) atoms. The molecule has 112 valence electrons. The van der Waals surface area contributed by atoms with Gasteiger partial charge < -0.3 is 5.11 Å². The topological polar surface area (TPSA) is 92.5 Å². The van der Waals surface area contributed by atoms with Crippen molar-refractivity contribution in [2.75, 3.05) is 13.6 Å². The minimum Gasteiger partial charge on any atom is -0.481 e. The Kier molecular flexibility index (Phi) is 4.44. The van der Waals surface area contributed by atoms with Gasteiger partial charge in [0.05, 0.1) is 18.7 Å². The molecule has 1 aromatic rings. The summed E-state index contributed by atoms with van der Waals surface area (Å²) in [5.74, 6) is -1.02. The Labute approximate surface area is 118 Å². The Morgan fingerprint density at radius 3 is 2.75 bits per heavy atom. The second-order valence-electron chi connectivity index (χ2n) is 5.06. The average Bonchev–Trinajstić information content (AvgIpc) is 3.05.